The molecule has 0 spiro atoms. The zero-order valence-corrected chi connectivity index (χ0v) is 18.2. The first-order chi connectivity index (χ1) is 12.6. The van der Waals surface area contributed by atoms with Gasteiger partial charge in [0.05, 0.1) is 28.2 Å². The lowest BCUT2D eigenvalue weighted by atomic mass is 10.1. The number of halogens is 5. The van der Waals surface area contributed by atoms with E-state index in [2.05, 4.69) is 9.82 Å². The van der Waals surface area contributed by atoms with Crippen molar-refractivity contribution in [1.29, 1.82) is 0 Å². The van der Waals surface area contributed by atoms with Crippen LogP contribution in [0.4, 0.5) is 14.5 Å². The summed E-state index contributed by atoms with van der Waals surface area (Å²) in [5.41, 5.74) is -0.642. The number of benzene rings is 1. The van der Waals surface area contributed by atoms with E-state index < -0.39 is 37.5 Å². The molecule has 0 aliphatic rings. The van der Waals surface area contributed by atoms with Crippen LogP contribution >= 0.6 is 34.8 Å². The number of aryl methyl sites for hydroxylation is 1. The molecule has 0 amide bonds. The zero-order valence-electron chi connectivity index (χ0n) is 14.3. The van der Waals surface area contributed by atoms with Gasteiger partial charge in [-0.25, -0.2) is 21.8 Å². The minimum atomic E-state index is -4.30. The maximum Gasteiger partial charge on any atom is 0.405 e. The first-order valence-corrected chi connectivity index (χ1v) is 11.9. The fourth-order valence-electron chi connectivity index (χ4n) is 2.33. The van der Waals surface area contributed by atoms with Gasteiger partial charge in [0.2, 0.25) is 20.0 Å². The Bertz CT molecular complexity index is 1100. The normalized spacial score (nSPS) is 12.5. The number of hydrogen-bond acceptors (Lipinski definition) is 6. The van der Waals surface area contributed by atoms with E-state index in [4.69, 9.17) is 34.8 Å². The highest BCUT2D eigenvalue weighted by molar-refractivity contribution is 8.09. The van der Waals surface area contributed by atoms with E-state index in [1.807, 2.05) is 0 Å². The number of alkyl halides is 2. The van der Waals surface area contributed by atoms with E-state index in [0.717, 1.165) is 12.1 Å². The van der Waals surface area contributed by atoms with Crippen molar-refractivity contribution in [1.82, 2.24) is 9.71 Å². The van der Waals surface area contributed by atoms with Gasteiger partial charge in [-0.3, -0.25) is 0 Å². The van der Waals surface area contributed by atoms with E-state index >= 15 is 0 Å². The average molecular weight is 499 g/mol. The lowest BCUT2D eigenvalue weighted by Crippen LogP contribution is -2.35. The number of rotatable bonds is 6. The van der Waals surface area contributed by atoms with Gasteiger partial charge < -0.3 is 4.84 Å². The predicted octanol–water partition coefficient (Wildman–Crippen LogP) is 3.20. The molecule has 0 fully saturated rings. The molecule has 15 heteroatoms. The molecular weight excluding hydrogens is 487 g/mol. The second-order valence-electron chi connectivity index (χ2n) is 5.47. The standard InChI is InChI=1S/C13H12Cl3F2N3O5S2/c1-6-19-11(12(16)20(6)26-13(17)18)7-4-10(9(15)5-8(7)14)21(27(2,22)23)28(3,24)25/h4-5,13H,1-3H3. The van der Waals surface area contributed by atoms with Gasteiger partial charge in [0, 0.05) is 5.56 Å². The van der Waals surface area contributed by atoms with Crippen LogP contribution in [0, 0.1) is 6.92 Å². The molecule has 1 aromatic heterocycles. The van der Waals surface area contributed by atoms with E-state index in [1.54, 1.807) is 0 Å². The largest absolute Gasteiger partial charge is 0.405 e. The molecule has 0 saturated carbocycles. The number of imidazole rings is 1. The van der Waals surface area contributed by atoms with Crippen LogP contribution < -0.4 is 8.55 Å². The van der Waals surface area contributed by atoms with Crippen LogP contribution in [0.1, 0.15) is 5.82 Å². The van der Waals surface area contributed by atoms with Crippen LogP contribution in [0.15, 0.2) is 12.1 Å². The van der Waals surface area contributed by atoms with Crippen LogP contribution in [0.3, 0.4) is 0 Å². The number of anilines is 1. The zero-order chi connectivity index (χ0) is 21.6. The van der Waals surface area contributed by atoms with Crippen molar-refractivity contribution in [3.63, 3.8) is 0 Å². The Labute approximate surface area is 174 Å². The molecule has 0 atom stereocenters. The third-order valence-corrected chi connectivity index (χ3v) is 7.39. The Morgan fingerprint density at radius 1 is 1.07 bits per heavy atom. The molecular formula is C13H12Cl3F2N3O5S2. The van der Waals surface area contributed by atoms with Crippen molar-refractivity contribution in [3.05, 3.63) is 33.2 Å². The summed E-state index contributed by atoms with van der Waals surface area (Å²) < 4.78 is 73.8. The highest BCUT2D eigenvalue weighted by Crippen LogP contribution is 2.40. The SMILES string of the molecule is Cc1nc(-c2cc(N(S(C)(=O)=O)S(C)(=O)=O)c(Cl)cc2Cl)c(Cl)n1OC(F)F. The molecule has 0 bridgehead atoms. The average Bonchev–Trinajstić information content (AvgIpc) is 2.74. The maximum absolute atomic E-state index is 12.5. The molecule has 1 aromatic carbocycles. The summed E-state index contributed by atoms with van der Waals surface area (Å²) in [5, 5.41) is -0.766. The molecule has 28 heavy (non-hydrogen) atoms. The highest BCUT2D eigenvalue weighted by atomic mass is 35.5. The van der Waals surface area contributed by atoms with Gasteiger partial charge in [-0.2, -0.15) is 17.2 Å². The monoisotopic (exact) mass is 497 g/mol. The highest BCUT2D eigenvalue weighted by Gasteiger charge is 2.31. The maximum atomic E-state index is 12.5. The van der Waals surface area contributed by atoms with Crippen molar-refractivity contribution in [3.8, 4) is 11.3 Å². The van der Waals surface area contributed by atoms with Crippen molar-refractivity contribution in [2.75, 3.05) is 16.2 Å². The summed E-state index contributed by atoms with van der Waals surface area (Å²) in [6, 6.07) is 2.10. The van der Waals surface area contributed by atoms with E-state index in [-0.39, 0.29) is 30.8 Å². The van der Waals surface area contributed by atoms with Crippen molar-refractivity contribution in [2.45, 2.75) is 13.5 Å². The van der Waals surface area contributed by atoms with Crippen LogP contribution in [0.25, 0.3) is 11.3 Å². The van der Waals surface area contributed by atoms with Gasteiger partial charge in [0.1, 0.15) is 11.5 Å². The summed E-state index contributed by atoms with van der Waals surface area (Å²) >= 11 is 18.1. The third-order valence-electron chi connectivity index (χ3n) is 3.22. The van der Waals surface area contributed by atoms with Crippen molar-refractivity contribution >= 4 is 60.5 Å². The van der Waals surface area contributed by atoms with Crippen molar-refractivity contribution in [2.24, 2.45) is 0 Å². The first kappa shape index (κ1) is 22.9. The molecule has 1 heterocycles. The van der Waals surface area contributed by atoms with Crippen LogP contribution in [-0.2, 0) is 20.0 Å². The fourth-order valence-corrected chi connectivity index (χ4v) is 6.28. The molecule has 8 nitrogen and oxygen atoms in total. The minimum absolute atomic E-state index is 0.0527. The molecule has 2 aromatic rings. The number of nitrogens with zero attached hydrogens (tertiary/aromatic N) is 3. The number of sulfonamides is 2. The Morgan fingerprint density at radius 3 is 2.07 bits per heavy atom. The van der Waals surface area contributed by atoms with Crippen LogP contribution in [-0.4, -0.2) is 45.7 Å². The minimum Gasteiger partial charge on any atom is -0.341 e. The predicted molar refractivity (Wildman–Crippen MR) is 102 cm³/mol. The van der Waals surface area contributed by atoms with E-state index in [1.165, 1.54) is 6.92 Å². The number of hydrogen-bond donors (Lipinski definition) is 0. The summed E-state index contributed by atoms with van der Waals surface area (Å²) in [5.74, 6) is -0.0593. The summed E-state index contributed by atoms with van der Waals surface area (Å²) in [6.45, 7) is -1.87. The summed E-state index contributed by atoms with van der Waals surface area (Å²) in [6.07, 6.45) is 1.34. The molecule has 0 radical (unpaired) electrons. The molecule has 156 valence electrons. The van der Waals surface area contributed by atoms with E-state index in [0.29, 0.717) is 17.2 Å². The topological polar surface area (TPSA) is 98.6 Å². The van der Waals surface area contributed by atoms with Crippen LogP contribution in [0.2, 0.25) is 15.2 Å². The second-order valence-corrected chi connectivity index (χ2v) is 10.5. The van der Waals surface area contributed by atoms with Gasteiger partial charge in [0.25, 0.3) is 0 Å². The van der Waals surface area contributed by atoms with Gasteiger partial charge in [-0.15, -0.1) is 0 Å². The van der Waals surface area contributed by atoms with E-state index in [9.17, 15) is 25.6 Å². The fraction of sp³-hybridized carbons (Fsp3) is 0.308. The van der Waals surface area contributed by atoms with Crippen LogP contribution in [0.5, 0.6) is 0 Å². The quantitative estimate of drug-likeness (QED) is 0.607. The van der Waals surface area contributed by atoms with Gasteiger partial charge >= 0.3 is 6.61 Å². The Morgan fingerprint density at radius 2 is 1.61 bits per heavy atom. The van der Waals surface area contributed by atoms with Crippen molar-refractivity contribution < 1.29 is 30.5 Å². The van der Waals surface area contributed by atoms with Gasteiger partial charge in [-0.05, 0) is 19.1 Å². The Balaban J connectivity index is 2.78. The van der Waals surface area contributed by atoms with Gasteiger partial charge in [0.15, 0.2) is 5.15 Å². The molecule has 0 saturated heterocycles. The van der Waals surface area contributed by atoms with Gasteiger partial charge in [-0.1, -0.05) is 34.8 Å². The summed E-state index contributed by atoms with van der Waals surface area (Å²) in [7, 11) is -8.61. The molecule has 0 aliphatic heterocycles. The molecule has 0 aliphatic carbocycles. The Hall–Kier alpha value is -1.34. The molecule has 0 N–H and O–H groups in total. The lowest BCUT2D eigenvalue weighted by molar-refractivity contribution is -0.134. The first-order valence-electron chi connectivity index (χ1n) is 7.04. The third kappa shape index (κ3) is 4.62. The lowest BCUT2D eigenvalue weighted by Gasteiger charge is -2.22. The smallest absolute Gasteiger partial charge is 0.341 e. The second kappa shape index (κ2) is 7.82. The Kier molecular flexibility index (Phi) is 6.41. The molecule has 2 rings (SSSR count). The number of aromatic nitrogens is 2. The summed E-state index contributed by atoms with van der Waals surface area (Å²) in [4.78, 5) is 8.22. The molecule has 0 unspecified atom stereocenters.